The van der Waals surface area contributed by atoms with Crippen LogP contribution in [0.15, 0.2) is 72.8 Å². The maximum absolute atomic E-state index is 12.3. The van der Waals surface area contributed by atoms with Crippen molar-refractivity contribution < 1.29 is 39.6 Å². The number of benzene rings is 3. The molecule has 11 heteroatoms. The molecule has 1 aliphatic heterocycles. The lowest BCUT2D eigenvalue weighted by Crippen LogP contribution is -2.39. The second-order valence-electron chi connectivity index (χ2n) is 12.1. The summed E-state index contributed by atoms with van der Waals surface area (Å²) in [5, 5.41) is 41.5. The van der Waals surface area contributed by atoms with E-state index in [4.69, 9.17) is 14.7 Å². The molecule has 1 heterocycles. The lowest BCUT2D eigenvalue weighted by atomic mass is 9.99. The zero-order chi connectivity index (χ0) is 33.6. The molecular weight excluding hydrogens is 602 g/mol. The molecule has 0 aromatic heterocycles. The first-order chi connectivity index (χ1) is 22.7. The van der Waals surface area contributed by atoms with Crippen molar-refractivity contribution in [3.05, 3.63) is 101 Å². The van der Waals surface area contributed by atoms with E-state index in [1.165, 1.54) is 0 Å². The van der Waals surface area contributed by atoms with Crippen molar-refractivity contribution in [2.75, 3.05) is 20.1 Å². The van der Waals surface area contributed by atoms with Gasteiger partial charge < -0.3 is 35.0 Å². The zero-order valence-corrected chi connectivity index (χ0v) is 26.9. The first-order valence-electron chi connectivity index (χ1n) is 16.2. The Morgan fingerprint density at radius 2 is 1.55 bits per heavy atom. The van der Waals surface area contributed by atoms with Gasteiger partial charge in [-0.2, -0.15) is 0 Å². The second-order valence-corrected chi connectivity index (χ2v) is 12.1. The van der Waals surface area contributed by atoms with Gasteiger partial charge in [0.15, 0.2) is 6.29 Å². The summed E-state index contributed by atoms with van der Waals surface area (Å²) in [6.07, 6.45) is 2.49. The Hall–Kier alpha value is -3.84. The van der Waals surface area contributed by atoms with Crippen LogP contribution in [-0.4, -0.2) is 63.5 Å². The highest BCUT2D eigenvalue weighted by Gasteiger charge is 2.33. The molecule has 1 aliphatic rings. The Morgan fingerprint density at radius 1 is 0.894 bits per heavy atom. The average molecular weight is 650 g/mol. The van der Waals surface area contributed by atoms with Gasteiger partial charge in [-0.1, -0.05) is 73.5 Å². The zero-order valence-electron chi connectivity index (χ0n) is 26.9. The molecule has 254 valence electrons. The van der Waals surface area contributed by atoms with Crippen LogP contribution in [0.3, 0.4) is 0 Å². The van der Waals surface area contributed by atoms with Crippen LogP contribution in [0.1, 0.15) is 91.3 Å². The van der Waals surface area contributed by atoms with Crippen LogP contribution >= 0.6 is 0 Å². The van der Waals surface area contributed by atoms with E-state index >= 15 is 0 Å². The van der Waals surface area contributed by atoms with Crippen molar-refractivity contribution in [2.45, 2.75) is 82.7 Å². The second kappa shape index (κ2) is 18.5. The van der Waals surface area contributed by atoms with Crippen LogP contribution in [0.2, 0.25) is 0 Å². The monoisotopic (exact) mass is 649 g/mol. The molecule has 0 spiro atoms. The van der Waals surface area contributed by atoms with Gasteiger partial charge in [0.2, 0.25) is 11.8 Å². The van der Waals surface area contributed by atoms with Gasteiger partial charge in [0.1, 0.15) is 5.75 Å². The van der Waals surface area contributed by atoms with E-state index in [1.807, 2.05) is 60.5 Å². The number of amides is 2. The Bertz CT molecular complexity index is 1400. The van der Waals surface area contributed by atoms with E-state index in [0.29, 0.717) is 44.5 Å². The van der Waals surface area contributed by atoms with Gasteiger partial charge in [-0.25, -0.2) is 5.48 Å². The minimum atomic E-state index is -0.773. The molecule has 0 saturated carbocycles. The number of ether oxygens (including phenoxy) is 2. The van der Waals surface area contributed by atoms with E-state index in [-0.39, 0.29) is 36.9 Å². The first-order valence-corrected chi connectivity index (χ1v) is 16.2. The number of phenolic OH excluding ortho intramolecular Hbond substituents is 1. The topological polar surface area (TPSA) is 161 Å². The smallest absolute Gasteiger partial charge is 0.243 e. The fourth-order valence-corrected chi connectivity index (χ4v) is 5.65. The summed E-state index contributed by atoms with van der Waals surface area (Å²) in [4.78, 5) is 25.4. The number of nitrogens with zero attached hydrogens (tertiary/aromatic N) is 1. The molecule has 1 saturated heterocycles. The van der Waals surface area contributed by atoms with E-state index < -0.39 is 18.3 Å². The first kappa shape index (κ1) is 36.0. The molecule has 0 aliphatic carbocycles. The van der Waals surface area contributed by atoms with Crippen LogP contribution in [-0.2, 0) is 32.2 Å². The van der Waals surface area contributed by atoms with Crippen molar-refractivity contribution in [1.29, 1.82) is 0 Å². The van der Waals surface area contributed by atoms with E-state index in [2.05, 4.69) is 5.32 Å². The largest absolute Gasteiger partial charge is 0.508 e. The molecule has 4 atom stereocenters. The molecule has 2 amide bonds. The Kier molecular flexibility index (Phi) is 14.2. The number of nitrogens with one attached hydrogen (secondary N) is 2. The van der Waals surface area contributed by atoms with Gasteiger partial charge in [-0.05, 0) is 54.3 Å². The molecule has 3 aromatic carbocycles. The van der Waals surface area contributed by atoms with E-state index in [0.717, 1.165) is 41.5 Å². The molecule has 0 unspecified atom stereocenters. The summed E-state index contributed by atoms with van der Waals surface area (Å²) < 4.78 is 12.9. The summed E-state index contributed by atoms with van der Waals surface area (Å²) in [7, 11) is 1.92. The Balaban J connectivity index is 1.33. The third-order valence-electron chi connectivity index (χ3n) is 8.29. The number of aliphatic hydroxyl groups is 2. The number of likely N-dealkylation sites (N-methyl/N-ethyl adjacent to an activating group) is 1. The number of phenols is 1. The molecule has 3 aromatic rings. The minimum Gasteiger partial charge on any atom is -0.508 e. The van der Waals surface area contributed by atoms with Gasteiger partial charge in [0, 0.05) is 44.5 Å². The minimum absolute atomic E-state index is 0.0303. The number of carbonyl (C=O) groups is 2. The standard InChI is InChI=1S/C36H47N3O8/c1-39(23-32(42)29-7-6-8-30(41)19-29)22-31-20-33(27-15-13-26(24-40)14-16-27)47-36(46-31)28-17-11-25(12-18-28)21-37-34(43)9-4-2-3-5-10-35(44)38-45/h6-8,11-19,31-33,36,40-42,45H,2-5,9-10,20-24H2,1H3,(H,37,43)(H,38,44)/t31-,32+,33+,36+/m0/s1. The lowest BCUT2D eigenvalue weighted by molar-refractivity contribution is -0.252. The molecule has 0 bridgehead atoms. The Labute approximate surface area is 276 Å². The van der Waals surface area contributed by atoms with Crippen LogP contribution in [0.25, 0.3) is 0 Å². The SMILES string of the molecule is CN(C[C@@H]1C[C@H](c2ccc(CO)cc2)O[C@H](c2ccc(CNC(=O)CCCCCCC(=O)NO)cc2)O1)C[C@@H](O)c1cccc(O)c1. The maximum Gasteiger partial charge on any atom is 0.243 e. The number of aliphatic hydroxyl groups excluding tert-OH is 2. The van der Waals surface area contributed by atoms with Crippen LogP contribution in [0.5, 0.6) is 5.75 Å². The summed E-state index contributed by atoms with van der Waals surface area (Å²) in [5.41, 5.74) is 5.86. The molecule has 11 nitrogen and oxygen atoms in total. The maximum atomic E-state index is 12.3. The normalized spacial score (nSPS) is 18.5. The van der Waals surface area contributed by atoms with Crippen molar-refractivity contribution >= 4 is 11.8 Å². The summed E-state index contributed by atoms with van der Waals surface area (Å²) in [5.74, 6) is -0.314. The average Bonchev–Trinajstić information content (AvgIpc) is 3.08. The molecule has 6 N–H and O–H groups in total. The molecule has 4 rings (SSSR count). The number of hydroxylamine groups is 1. The van der Waals surface area contributed by atoms with Crippen LogP contribution in [0.4, 0.5) is 0 Å². The highest BCUT2D eigenvalue weighted by molar-refractivity contribution is 5.75. The summed E-state index contributed by atoms with van der Waals surface area (Å²) in [6.45, 7) is 1.27. The van der Waals surface area contributed by atoms with Gasteiger partial charge in [-0.15, -0.1) is 0 Å². The van der Waals surface area contributed by atoms with Crippen LogP contribution in [0, 0.1) is 0 Å². The fourth-order valence-electron chi connectivity index (χ4n) is 5.65. The summed E-state index contributed by atoms with van der Waals surface area (Å²) >= 11 is 0. The third kappa shape index (κ3) is 11.7. The van der Waals surface area contributed by atoms with Crippen molar-refractivity contribution in [3.8, 4) is 5.75 Å². The van der Waals surface area contributed by atoms with Gasteiger partial charge in [-0.3, -0.25) is 14.8 Å². The summed E-state index contributed by atoms with van der Waals surface area (Å²) in [6, 6.07) is 22.1. The molecule has 1 fully saturated rings. The molecular formula is C36H47N3O8. The van der Waals surface area contributed by atoms with E-state index in [9.17, 15) is 24.9 Å². The van der Waals surface area contributed by atoms with Gasteiger partial charge in [0.05, 0.1) is 24.9 Å². The number of carbonyl (C=O) groups excluding carboxylic acids is 2. The highest BCUT2D eigenvalue weighted by atomic mass is 16.7. The van der Waals surface area contributed by atoms with Crippen LogP contribution < -0.4 is 10.8 Å². The highest BCUT2D eigenvalue weighted by Crippen LogP contribution is 2.38. The number of hydrogen-bond acceptors (Lipinski definition) is 9. The number of unbranched alkanes of at least 4 members (excludes halogenated alkanes) is 3. The lowest BCUT2D eigenvalue weighted by Gasteiger charge is -2.38. The van der Waals surface area contributed by atoms with E-state index in [1.54, 1.807) is 29.7 Å². The quantitative estimate of drug-likeness (QED) is 0.0700. The third-order valence-corrected chi connectivity index (χ3v) is 8.29. The fraction of sp³-hybridized carbons (Fsp3) is 0.444. The van der Waals surface area contributed by atoms with Crippen molar-refractivity contribution in [1.82, 2.24) is 15.7 Å². The van der Waals surface area contributed by atoms with Gasteiger partial charge >= 0.3 is 0 Å². The molecule has 47 heavy (non-hydrogen) atoms. The predicted molar refractivity (Wildman–Crippen MR) is 175 cm³/mol. The number of hydrogen-bond donors (Lipinski definition) is 6. The van der Waals surface area contributed by atoms with Gasteiger partial charge in [0.25, 0.3) is 0 Å². The number of rotatable bonds is 17. The van der Waals surface area contributed by atoms with Crippen molar-refractivity contribution in [2.24, 2.45) is 0 Å². The number of aromatic hydroxyl groups is 1. The van der Waals surface area contributed by atoms with Crippen molar-refractivity contribution in [3.63, 3.8) is 0 Å². The molecule has 0 radical (unpaired) electrons. The predicted octanol–water partition coefficient (Wildman–Crippen LogP) is 4.56. The Morgan fingerprint density at radius 3 is 2.21 bits per heavy atom.